The third kappa shape index (κ3) is 3.49. The maximum Gasteiger partial charge on any atom is 0.257 e. The number of nitrogens with one attached hydrogen (secondary N) is 1. The van der Waals surface area contributed by atoms with Crippen LogP contribution in [0, 0.1) is 22.1 Å². The summed E-state index contributed by atoms with van der Waals surface area (Å²) in [6, 6.07) is 13.7. The van der Waals surface area contributed by atoms with Crippen molar-refractivity contribution in [2.45, 2.75) is 6.92 Å². The van der Waals surface area contributed by atoms with E-state index >= 15 is 0 Å². The van der Waals surface area contributed by atoms with Gasteiger partial charge in [-0.15, -0.1) is 0 Å². The van der Waals surface area contributed by atoms with Crippen LogP contribution in [0.25, 0.3) is 16.9 Å². The van der Waals surface area contributed by atoms with Gasteiger partial charge in [0.05, 0.1) is 5.56 Å². The summed E-state index contributed by atoms with van der Waals surface area (Å²) in [4.78, 5) is 17.5. The fourth-order valence-electron chi connectivity index (χ4n) is 2.92. The first kappa shape index (κ1) is 18.5. The minimum atomic E-state index is -0.404. The molecule has 4 nitrogen and oxygen atoms in total. The minimum Gasteiger partial charge on any atom is -0.306 e. The quantitative estimate of drug-likeness (QED) is 0.390. The summed E-state index contributed by atoms with van der Waals surface area (Å²) in [6.07, 6.45) is 1.82. The van der Waals surface area contributed by atoms with E-state index in [0.717, 1.165) is 5.56 Å². The highest BCUT2D eigenvalue weighted by Crippen LogP contribution is 2.30. The lowest BCUT2D eigenvalue weighted by Crippen LogP contribution is -2.15. The number of hydrogen-bond donors (Lipinski definition) is 1. The molecule has 1 amide bonds. The molecule has 0 saturated heterocycles. The number of anilines is 1. The maximum atomic E-state index is 13.4. The molecular formula is C21H14F2IN3O. The largest absolute Gasteiger partial charge is 0.306 e. The topological polar surface area (TPSA) is 46.4 Å². The summed E-state index contributed by atoms with van der Waals surface area (Å²) in [5.41, 5.74) is 3.23. The van der Waals surface area contributed by atoms with E-state index in [1.54, 1.807) is 16.5 Å². The molecule has 2 aromatic carbocycles. The van der Waals surface area contributed by atoms with Crippen LogP contribution < -0.4 is 5.32 Å². The van der Waals surface area contributed by atoms with Crippen molar-refractivity contribution in [1.29, 1.82) is 0 Å². The van der Waals surface area contributed by atoms with Crippen LogP contribution in [0.5, 0.6) is 0 Å². The Morgan fingerprint density at radius 3 is 2.46 bits per heavy atom. The smallest absolute Gasteiger partial charge is 0.257 e. The number of hydrogen-bond acceptors (Lipinski definition) is 2. The fraction of sp³-hybridized carbons (Fsp3) is 0.0476. The Morgan fingerprint density at radius 2 is 1.75 bits per heavy atom. The number of rotatable bonds is 3. The van der Waals surface area contributed by atoms with Crippen molar-refractivity contribution < 1.29 is 13.6 Å². The van der Waals surface area contributed by atoms with E-state index < -0.39 is 5.82 Å². The number of aryl methyl sites for hydroxylation is 1. The van der Waals surface area contributed by atoms with E-state index in [1.807, 2.05) is 47.8 Å². The van der Waals surface area contributed by atoms with E-state index in [9.17, 15) is 13.6 Å². The Morgan fingerprint density at radius 1 is 1.04 bits per heavy atom. The fourth-order valence-corrected chi connectivity index (χ4v) is 3.65. The molecule has 2 aromatic heterocycles. The van der Waals surface area contributed by atoms with Gasteiger partial charge in [0, 0.05) is 15.3 Å². The Hall–Kier alpha value is -2.81. The first-order valence-corrected chi connectivity index (χ1v) is 9.51. The van der Waals surface area contributed by atoms with Gasteiger partial charge < -0.3 is 5.32 Å². The first-order chi connectivity index (χ1) is 13.4. The first-order valence-electron chi connectivity index (χ1n) is 8.43. The molecule has 0 fully saturated rings. The molecule has 0 bridgehead atoms. The van der Waals surface area contributed by atoms with E-state index in [2.05, 4.69) is 10.3 Å². The lowest BCUT2D eigenvalue weighted by Gasteiger charge is -2.09. The second-order valence-corrected chi connectivity index (χ2v) is 7.49. The van der Waals surface area contributed by atoms with Gasteiger partial charge in [-0.05, 0) is 89.7 Å². The third-order valence-corrected chi connectivity index (χ3v) is 5.20. The van der Waals surface area contributed by atoms with Crippen molar-refractivity contribution >= 4 is 40.0 Å². The van der Waals surface area contributed by atoms with Crippen molar-refractivity contribution in [2.24, 2.45) is 0 Å². The van der Waals surface area contributed by atoms with Gasteiger partial charge in [0.2, 0.25) is 0 Å². The number of amides is 1. The normalized spacial score (nSPS) is 11.0. The molecule has 4 rings (SSSR count). The Balaban J connectivity index is 1.83. The van der Waals surface area contributed by atoms with Crippen LogP contribution in [0.1, 0.15) is 15.9 Å². The number of pyridine rings is 1. The van der Waals surface area contributed by atoms with Crippen LogP contribution >= 0.6 is 22.6 Å². The molecule has 0 atom stereocenters. The average Bonchev–Trinajstić information content (AvgIpc) is 2.99. The van der Waals surface area contributed by atoms with Crippen LogP contribution in [0.3, 0.4) is 0 Å². The highest BCUT2D eigenvalue weighted by Gasteiger charge is 2.19. The summed E-state index contributed by atoms with van der Waals surface area (Å²) in [5, 5.41) is 2.88. The zero-order chi connectivity index (χ0) is 19.8. The van der Waals surface area contributed by atoms with Gasteiger partial charge >= 0.3 is 0 Å². The highest BCUT2D eigenvalue weighted by molar-refractivity contribution is 14.1. The molecule has 140 valence electrons. The lowest BCUT2D eigenvalue weighted by molar-refractivity contribution is 0.102. The van der Waals surface area contributed by atoms with Crippen LogP contribution in [0.2, 0.25) is 0 Å². The van der Waals surface area contributed by atoms with Gasteiger partial charge in [-0.1, -0.05) is 0 Å². The standard InChI is InChI=1S/C21H14F2IN3O/c1-12-8-9-27-18(10-12)25-19(13-2-4-14(22)5-3-13)20(27)26-21(28)16-7-6-15(23)11-17(16)24/h2-11H,1H3,(H,26,28). The van der Waals surface area contributed by atoms with Crippen molar-refractivity contribution in [3.8, 4) is 11.3 Å². The van der Waals surface area contributed by atoms with Gasteiger partial charge in [0.25, 0.3) is 5.91 Å². The molecule has 4 aromatic rings. The van der Waals surface area contributed by atoms with Gasteiger partial charge in [-0.2, -0.15) is 0 Å². The van der Waals surface area contributed by atoms with E-state index in [-0.39, 0.29) is 11.7 Å². The predicted octanol–water partition coefficient (Wildman–Crippen LogP) is 5.44. The Labute approximate surface area is 173 Å². The number of halogens is 3. The molecule has 0 saturated carbocycles. The molecule has 28 heavy (non-hydrogen) atoms. The molecule has 0 aliphatic carbocycles. The van der Waals surface area contributed by atoms with Crippen molar-refractivity contribution in [3.05, 3.63) is 87.1 Å². The molecule has 0 aliphatic rings. The van der Waals surface area contributed by atoms with Crippen LogP contribution in [0.4, 0.5) is 14.6 Å². The number of fused-ring (bicyclic) bond motifs is 1. The van der Waals surface area contributed by atoms with Crippen molar-refractivity contribution in [1.82, 2.24) is 9.38 Å². The van der Waals surface area contributed by atoms with Gasteiger partial charge in [0.1, 0.15) is 28.8 Å². The Kier molecular flexibility index (Phi) is 4.84. The molecule has 0 aliphatic heterocycles. The zero-order valence-electron chi connectivity index (χ0n) is 14.7. The molecule has 2 heterocycles. The summed E-state index contributed by atoms with van der Waals surface area (Å²) in [6.45, 7) is 1.95. The molecule has 0 spiro atoms. The second-order valence-electron chi connectivity index (χ2n) is 6.33. The summed E-state index contributed by atoms with van der Waals surface area (Å²) >= 11 is 1.92. The van der Waals surface area contributed by atoms with Crippen LogP contribution in [0.15, 0.2) is 60.8 Å². The third-order valence-electron chi connectivity index (χ3n) is 4.31. The summed E-state index contributed by atoms with van der Waals surface area (Å²) in [5.74, 6) is -0.671. The molecule has 1 N–H and O–H groups in total. The summed E-state index contributed by atoms with van der Waals surface area (Å²) < 4.78 is 29.0. The van der Waals surface area contributed by atoms with Gasteiger partial charge in [0.15, 0.2) is 0 Å². The predicted molar refractivity (Wildman–Crippen MR) is 112 cm³/mol. The summed E-state index contributed by atoms with van der Waals surface area (Å²) in [7, 11) is 0. The zero-order valence-corrected chi connectivity index (χ0v) is 16.9. The molecule has 7 heteroatoms. The van der Waals surface area contributed by atoms with Gasteiger partial charge in [-0.25, -0.2) is 13.8 Å². The molecular weight excluding hydrogens is 475 g/mol. The minimum absolute atomic E-state index is 0.352. The number of imidazole rings is 1. The van der Waals surface area contributed by atoms with Crippen molar-refractivity contribution in [3.63, 3.8) is 0 Å². The van der Waals surface area contributed by atoms with E-state index in [4.69, 9.17) is 0 Å². The number of benzene rings is 2. The number of carbonyl (C=O) groups excluding carboxylic acids is 1. The molecule has 0 radical (unpaired) electrons. The highest BCUT2D eigenvalue weighted by atomic mass is 127. The lowest BCUT2D eigenvalue weighted by atomic mass is 10.1. The molecule has 0 unspecified atom stereocenters. The van der Waals surface area contributed by atoms with E-state index in [1.165, 1.54) is 30.3 Å². The number of aromatic nitrogens is 2. The number of carbonyl (C=O) groups is 1. The van der Waals surface area contributed by atoms with Crippen LogP contribution in [-0.2, 0) is 0 Å². The maximum absolute atomic E-state index is 13.4. The monoisotopic (exact) mass is 489 g/mol. The number of nitrogens with zero attached hydrogens (tertiary/aromatic N) is 2. The average molecular weight is 489 g/mol. The van der Waals surface area contributed by atoms with E-state index in [0.29, 0.717) is 31.9 Å². The van der Waals surface area contributed by atoms with Crippen LogP contribution in [-0.4, -0.2) is 15.3 Å². The second kappa shape index (κ2) is 7.31. The van der Waals surface area contributed by atoms with Crippen molar-refractivity contribution in [2.75, 3.05) is 5.32 Å². The SMILES string of the molecule is Cc1ccn2c(NC(=O)c3ccc(F)cc3I)c(-c3ccc(F)cc3)nc2c1. The Bertz CT molecular complexity index is 1200. The van der Waals surface area contributed by atoms with Gasteiger partial charge in [-0.3, -0.25) is 9.20 Å².